The normalized spacial score (nSPS) is 15.4. The molecular formula is C18H22F3N5O3. The van der Waals surface area contributed by atoms with E-state index >= 15 is 0 Å². The summed E-state index contributed by atoms with van der Waals surface area (Å²) in [4.78, 5) is 20.0. The van der Waals surface area contributed by atoms with E-state index in [1.54, 1.807) is 4.90 Å². The fourth-order valence-corrected chi connectivity index (χ4v) is 2.74. The first-order valence-electron chi connectivity index (χ1n) is 9.01. The number of anilines is 1. The van der Waals surface area contributed by atoms with Gasteiger partial charge >= 0.3 is 12.5 Å². The summed E-state index contributed by atoms with van der Waals surface area (Å²) in [5.74, 6) is 0.171. The minimum Gasteiger partial charge on any atom is -0.444 e. The van der Waals surface area contributed by atoms with Gasteiger partial charge in [-0.05, 0) is 45.0 Å². The Morgan fingerprint density at radius 3 is 2.21 bits per heavy atom. The third-order valence-corrected chi connectivity index (χ3v) is 4.03. The zero-order valence-electron chi connectivity index (χ0n) is 16.3. The predicted molar refractivity (Wildman–Crippen MR) is 98.1 cm³/mol. The van der Waals surface area contributed by atoms with Crippen LogP contribution in [-0.2, 0) is 4.74 Å². The number of rotatable bonds is 3. The number of halogens is 3. The van der Waals surface area contributed by atoms with Crippen LogP contribution in [0.3, 0.4) is 0 Å². The van der Waals surface area contributed by atoms with E-state index < -0.39 is 12.0 Å². The predicted octanol–water partition coefficient (Wildman–Crippen LogP) is 3.22. The minimum absolute atomic E-state index is 0.306. The summed E-state index contributed by atoms with van der Waals surface area (Å²) >= 11 is 0. The van der Waals surface area contributed by atoms with Crippen LogP contribution in [-0.4, -0.2) is 63.9 Å². The van der Waals surface area contributed by atoms with Gasteiger partial charge in [0.1, 0.15) is 17.7 Å². The third kappa shape index (κ3) is 5.75. The fraction of sp³-hybridized carbons (Fsp3) is 0.500. The van der Waals surface area contributed by atoms with Gasteiger partial charge < -0.3 is 19.3 Å². The van der Waals surface area contributed by atoms with Crippen LogP contribution in [0, 0.1) is 0 Å². The highest BCUT2D eigenvalue weighted by atomic mass is 19.4. The molecule has 1 aliphatic rings. The molecule has 29 heavy (non-hydrogen) atoms. The second-order valence-electron chi connectivity index (χ2n) is 7.49. The summed E-state index contributed by atoms with van der Waals surface area (Å²) in [6.45, 7) is 7.50. The van der Waals surface area contributed by atoms with E-state index in [1.807, 2.05) is 25.7 Å². The Bertz CT molecular complexity index is 838. The molecule has 1 fully saturated rings. The molecule has 0 atom stereocenters. The number of carbonyl (C=O) groups is 1. The van der Waals surface area contributed by atoms with Gasteiger partial charge in [0.05, 0.1) is 5.69 Å². The average Bonchev–Trinajstić information content (AvgIpc) is 3.10. The first-order chi connectivity index (χ1) is 13.5. The molecule has 1 aliphatic heterocycles. The molecule has 0 spiro atoms. The van der Waals surface area contributed by atoms with E-state index in [0.717, 1.165) is 0 Å². The number of alkyl halides is 3. The molecule has 0 N–H and O–H groups in total. The van der Waals surface area contributed by atoms with Crippen LogP contribution in [0.15, 0.2) is 30.6 Å². The summed E-state index contributed by atoms with van der Waals surface area (Å²) in [5, 5.41) is 4.37. The van der Waals surface area contributed by atoms with Crippen molar-refractivity contribution in [3.8, 4) is 11.4 Å². The van der Waals surface area contributed by atoms with E-state index in [1.165, 1.54) is 35.3 Å². The molecule has 2 heterocycles. The summed E-state index contributed by atoms with van der Waals surface area (Å²) in [5.41, 5.74) is 0.000520. The zero-order chi connectivity index (χ0) is 21.2. The molecule has 8 nitrogen and oxygen atoms in total. The fourth-order valence-electron chi connectivity index (χ4n) is 2.74. The molecule has 158 valence electrons. The molecule has 0 radical (unpaired) electrons. The van der Waals surface area contributed by atoms with Crippen molar-refractivity contribution in [2.45, 2.75) is 32.7 Å². The Labute approximate surface area is 165 Å². The second kappa shape index (κ2) is 7.80. The molecule has 1 amide bonds. The Morgan fingerprint density at radius 2 is 1.66 bits per heavy atom. The summed E-state index contributed by atoms with van der Waals surface area (Å²) in [7, 11) is 0. The van der Waals surface area contributed by atoms with Crippen LogP contribution >= 0.6 is 0 Å². The first-order valence-corrected chi connectivity index (χ1v) is 9.01. The monoisotopic (exact) mass is 413 g/mol. The van der Waals surface area contributed by atoms with Crippen LogP contribution in [0.4, 0.5) is 23.9 Å². The number of ether oxygens (including phenoxy) is 2. The van der Waals surface area contributed by atoms with Crippen molar-refractivity contribution in [1.29, 1.82) is 0 Å². The lowest BCUT2D eigenvalue weighted by Crippen LogP contribution is -2.50. The largest absolute Gasteiger partial charge is 0.573 e. The summed E-state index contributed by atoms with van der Waals surface area (Å²) in [6.07, 6.45) is -3.60. The smallest absolute Gasteiger partial charge is 0.444 e. The molecule has 1 saturated heterocycles. The van der Waals surface area contributed by atoms with E-state index in [-0.39, 0.29) is 11.8 Å². The Hall–Kier alpha value is -2.98. The molecule has 1 aromatic heterocycles. The summed E-state index contributed by atoms with van der Waals surface area (Å²) in [6, 6.07) is 5.34. The molecule has 0 bridgehead atoms. The number of nitrogens with zero attached hydrogens (tertiary/aromatic N) is 5. The van der Waals surface area contributed by atoms with Gasteiger partial charge in [-0.1, -0.05) is 0 Å². The topological polar surface area (TPSA) is 72.7 Å². The lowest BCUT2D eigenvalue weighted by Gasteiger charge is -2.35. The number of hydrogen-bond acceptors (Lipinski definition) is 6. The number of benzene rings is 1. The Morgan fingerprint density at radius 1 is 1.03 bits per heavy atom. The molecule has 2 aromatic rings. The van der Waals surface area contributed by atoms with Gasteiger partial charge in [-0.3, -0.25) is 0 Å². The zero-order valence-corrected chi connectivity index (χ0v) is 16.3. The SMILES string of the molecule is CC(C)(C)OC(=O)N1CCN(c2ncn(-c3ccc(OC(F)(F)F)cc3)n2)CC1. The number of carbonyl (C=O) groups excluding carboxylic acids is 1. The first kappa shape index (κ1) is 20.7. The number of piperazine rings is 1. The highest BCUT2D eigenvalue weighted by molar-refractivity contribution is 5.68. The quantitative estimate of drug-likeness (QED) is 0.770. The van der Waals surface area contributed by atoms with Crippen molar-refractivity contribution < 1.29 is 27.4 Å². The van der Waals surface area contributed by atoms with Gasteiger partial charge in [-0.2, -0.15) is 4.98 Å². The minimum atomic E-state index is -4.73. The highest BCUT2D eigenvalue weighted by Gasteiger charge is 2.31. The number of amides is 1. The number of aromatic nitrogens is 3. The molecule has 0 saturated carbocycles. The van der Waals surface area contributed by atoms with Crippen molar-refractivity contribution in [2.24, 2.45) is 0 Å². The average molecular weight is 413 g/mol. The molecule has 0 unspecified atom stereocenters. The lowest BCUT2D eigenvalue weighted by molar-refractivity contribution is -0.274. The van der Waals surface area contributed by atoms with Crippen LogP contribution in [0.1, 0.15) is 20.8 Å². The van der Waals surface area contributed by atoms with Crippen LogP contribution < -0.4 is 9.64 Å². The van der Waals surface area contributed by atoms with Crippen LogP contribution in [0.2, 0.25) is 0 Å². The van der Waals surface area contributed by atoms with Gasteiger partial charge in [-0.25, -0.2) is 9.48 Å². The van der Waals surface area contributed by atoms with Gasteiger partial charge in [0.25, 0.3) is 0 Å². The molecule has 0 aliphatic carbocycles. The highest BCUT2D eigenvalue weighted by Crippen LogP contribution is 2.24. The van der Waals surface area contributed by atoms with Gasteiger partial charge in [0, 0.05) is 26.2 Å². The maximum atomic E-state index is 12.2. The van der Waals surface area contributed by atoms with E-state index in [9.17, 15) is 18.0 Å². The molecule has 3 rings (SSSR count). The molecular weight excluding hydrogens is 391 g/mol. The van der Waals surface area contributed by atoms with Crippen molar-refractivity contribution in [1.82, 2.24) is 19.7 Å². The summed E-state index contributed by atoms with van der Waals surface area (Å²) < 4.78 is 47.4. The van der Waals surface area contributed by atoms with Gasteiger partial charge in [0.15, 0.2) is 0 Å². The van der Waals surface area contributed by atoms with Crippen LogP contribution in [0.5, 0.6) is 5.75 Å². The van der Waals surface area contributed by atoms with Crippen molar-refractivity contribution in [3.63, 3.8) is 0 Å². The van der Waals surface area contributed by atoms with E-state index in [0.29, 0.717) is 37.8 Å². The Balaban J connectivity index is 1.59. The third-order valence-electron chi connectivity index (χ3n) is 4.03. The Kier molecular flexibility index (Phi) is 5.58. The van der Waals surface area contributed by atoms with Gasteiger partial charge in [-0.15, -0.1) is 18.3 Å². The maximum absolute atomic E-state index is 12.2. The second-order valence-corrected chi connectivity index (χ2v) is 7.49. The molecule has 1 aromatic carbocycles. The van der Waals surface area contributed by atoms with Gasteiger partial charge in [0.2, 0.25) is 5.95 Å². The number of hydrogen-bond donors (Lipinski definition) is 0. The molecule has 11 heteroatoms. The van der Waals surface area contributed by atoms with Crippen molar-refractivity contribution in [3.05, 3.63) is 30.6 Å². The standard InChI is InChI=1S/C18H22F3N5O3/c1-17(2,3)29-16(27)25-10-8-24(9-11-25)15-22-12-26(23-15)13-4-6-14(7-5-13)28-18(19,20)21/h4-7,12H,8-11H2,1-3H3. The maximum Gasteiger partial charge on any atom is 0.573 e. The lowest BCUT2D eigenvalue weighted by atomic mass is 10.2. The van der Waals surface area contributed by atoms with Crippen LogP contribution in [0.25, 0.3) is 5.69 Å². The van der Waals surface area contributed by atoms with E-state index in [2.05, 4.69) is 14.8 Å². The van der Waals surface area contributed by atoms with Crippen molar-refractivity contribution >= 4 is 12.0 Å². The van der Waals surface area contributed by atoms with E-state index in [4.69, 9.17) is 4.74 Å². The van der Waals surface area contributed by atoms with Crippen molar-refractivity contribution in [2.75, 3.05) is 31.1 Å².